The molecule has 2 saturated heterocycles. The molecule has 2 fully saturated rings. The second kappa shape index (κ2) is 6.71. The second-order valence-electron chi connectivity index (χ2n) is 5.92. The van der Waals surface area contributed by atoms with Gasteiger partial charge in [-0.25, -0.2) is 4.39 Å². The Balaban J connectivity index is 1.59. The van der Waals surface area contributed by atoms with Crippen molar-refractivity contribution < 1.29 is 18.7 Å². The van der Waals surface area contributed by atoms with Crippen molar-refractivity contribution >= 4 is 5.91 Å². The summed E-state index contributed by atoms with van der Waals surface area (Å²) in [4.78, 5) is 18.3. The van der Waals surface area contributed by atoms with Crippen LogP contribution >= 0.6 is 0 Å². The zero-order chi connectivity index (χ0) is 15.5. The fourth-order valence-corrected chi connectivity index (χ4v) is 3.38. The molecule has 5 nitrogen and oxygen atoms in total. The molecule has 1 aromatic heterocycles. The van der Waals surface area contributed by atoms with Crippen molar-refractivity contribution in [2.75, 3.05) is 20.3 Å². The molecular formula is C16H21FN2O3. The third kappa shape index (κ3) is 3.28. The number of pyridine rings is 1. The van der Waals surface area contributed by atoms with Gasteiger partial charge in [0.2, 0.25) is 5.91 Å². The zero-order valence-electron chi connectivity index (χ0n) is 12.7. The monoisotopic (exact) mass is 308 g/mol. The second-order valence-corrected chi connectivity index (χ2v) is 5.92. The highest BCUT2D eigenvalue weighted by Gasteiger charge is 2.41. The number of nitrogens with zero attached hydrogens (tertiary/aromatic N) is 2. The van der Waals surface area contributed by atoms with Gasteiger partial charge in [-0.15, -0.1) is 0 Å². The van der Waals surface area contributed by atoms with E-state index in [0.717, 1.165) is 32.0 Å². The first-order chi connectivity index (χ1) is 10.7. The molecule has 1 aromatic rings. The summed E-state index contributed by atoms with van der Waals surface area (Å²) < 4.78 is 24.0. The number of likely N-dealkylation sites (tertiary alicyclic amines) is 1. The highest BCUT2D eigenvalue weighted by molar-refractivity contribution is 5.79. The summed E-state index contributed by atoms with van der Waals surface area (Å²) in [6, 6.07) is 3.05. The Kier molecular flexibility index (Phi) is 4.69. The van der Waals surface area contributed by atoms with Gasteiger partial charge in [0.1, 0.15) is 5.82 Å². The van der Waals surface area contributed by atoms with Gasteiger partial charge in [0.25, 0.3) is 0 Å². The molecule has 0 aromatic carbocycles. The molecule has 3 atom stereocenters. The Hall–Kier alpha value is -1.53. The van der Waals surface area contributed by atoms with E-state index in [-0.39, 0.29) is 36.4 Å². The van der Waals surface area contributed by atoms with Crippen LogP contribution in [0, 0.1) is 5.82 Å². The van der Waals surface area contributed by atoms with E-state index in [1.54, 1.807) is 13.2 Å². The Labute approximate surface area is 129 Å². The molecule has 2 aliphatic rings. The van der Waals surface area contributed by atoms with E-state index in [1.807, 2.05) is 4.90 Å². The summed E-state index contributed by atoms with van der Waals surface area (Å²) in [5, 5.41) is 0. The van der Waals surface area contributed by atoms with Gasteiger partial charge in [-0.05, 0) is 31.4 Å². The van der Waals surface area contributed by atoms with Crippen LogP contribution in [0.15, 0.2) is 18.3 Å². The average molecular weight is 308 g/mol. The number of amides is 1. The van der Waals surface area contributed by atoms with Gasteiger partial charge in [0.15, 0.2) is 0 Å². The lowest BCUT2D eigenvalue weighted by Crippen LogP contribution is -2.46. The standard InChI is InChI=1S/C16H21FN2O3/c1-21-10-13-4-5-14-15(22-13)6-7-19(14)16(20)8-12-3-2-11(17)9-18-12/h2-3,9,13-15H,4-8,10H2,1H3/t13-,14-,15-/m1/s1. The molecule has 1 amide bonds. The van der Waals surface area contributed by atoms with Gasteiger partial charge in [0.05, 0.1) is 37.5 Å². The molecule has 2 aliphatic heterocycles. The van der Waals surface area contributed by atoms with Crippen molar-refractivity contribution in [3.05, 3.63) is 29.8 Å². The molecule has 0 saturated carbocycles. The minimum atomic E-state index is -0.387. The summed E-state index contributed by atoms with van der Waals surface area (Å²) in [5.74, 6) is -0.345. The molecule has 22 heavy (non-hydrogen) atoms. The van der Waals surface area contributed by atoms with Gasteiger partial charge < -0.3 is 14.4 Å². The van der Waals surface area contributed by atoms with Crippen molar-refractivity contribution in [1.29, 1.82) is 0 Å². The Morgan fingerprint density at radius 1 is 1.45 bits per heavy atom. The summed E-state index contributed by atoms with van der Waals surface area (Å²) in [7, 11) is 1.68. The van der Waals surface area contributed by atoms with Crippen LogP contribution in [-0.4, -0.2) is 54.3 Å². The number of methoxy groups -OCH3 is 1. The maximum Gasteiger partial charge on any atom is 0.228 e. The molecule has 0 radical (unpaired) electrons. The number of ether oxygens (including phenoxy) is 2. The number of rotatable bonds is 4. The largest absolute Gasteiger partial charge is 0.382 e. The predicted octanol–water partition coefficient (Wildman–Crippen LogP) is 1.56. The molecule has 3 rings (SSSR count). The van der Waals surface area contributed by atoms with Crippen LogP contribution in [0.5, 0.6) is 0 Å². The number of fused-ring (bicyclic) bond motifs is 1. The summed E-state index contributed by atoms with van der Waals surface area (Å²) >= 11 is 0. The molecule has 6 heteroatoms. The maximum absolute atomic E-state index is 12.9. The maximum atomic E-state index is 12.9. The minimum Gasteiger partial charge on any atom is -0.382 e. The first-order valence-electron chi connectivity index (χ1n) is 7.71. The Bertz CT molecular complexity index is 523. The number of hydrogen-bond acceptors (Lipinski definition) is 4. The van der Waals surface area contributed by atoms with E-state index in [1.165, 1.54) is 6.07 Å². The van der Waals surface area contributed by atoms with Gasteiger partial charge in [0, 0.05) is 19.3 Å². The van der Waals surface area contributed by atoms with Gasteiger partial charge in [-0.2, -0.15) is 0 Å². The smallest absolute Gasteiger partial charge is 0.228 e. The molecule has 0 bridgehead atoms. The average Bonchev–Trinajstić information content (AvgIpc) is 2.93. The van der Waals surface area contributed by atoms with Crippen LogP contribution in [-0.2, 0) is 20.7 Å². The molecule has 0 spiro atoms. The van der Waals surface area contributed by atoms with Crippen LogP contribution in [0.4, 0.5) is 4.39 Å². The van der Waals surface area contributed by atoms with Crippen LogP contribution in [0.2, 0.25) is 0 Å². The highest BCUT2D eigenvalue weighted by atomic mass is 19.1. The molecule has 0 unspecified atom stereocenters. The van der Waals surface area contributed by atoms with Crippen LogP contribution < -0.4 is 0 Å². The lowest BCUT2D eigenvalue weighted by atomic mass is 9.99. The third-order valence-electron chi connectivity index (χ3n) is 4.43. The van der Waals surface area contributed by atoms with E-state index in [2.05, 4.69) is 4.98 Å². The van der Waals surface area contributed by atoms with Gasteiger partial charge in [-0.1, -0.05) is 0 Å². The van der Waals surface area contributed by atoms with Crippen molar-refractivity contribution in [3.8, 4) is 0 Å². The van der Waals surface area contributed by atoms with E-state index >= 15 is 0 Å². The third-order valence-corrected chi connectivity index (χ3v) is 4.43. The molecule has 0 aliphatic carbocycles. The molecular weight excluding hydrogens is 287 g/mol. The molecule has 120 valence electrons. The topological polar surface area (TPSA) is 51.7 Å². The number of aromatic nitrogens is 1. The number of carbonyl (C=O) groups excluding carboxylic acids is 1. The van der Waals surface area contributed by atoms with Crippen molar-refractivity contribution in [1.82, 2.24) is 9.88 Å². The lowest BCUT2D eigenvalue weighted by molar-refractivity contribution is -0.137. The molecule has 0 N–H and O–H groups in total. The van der Waals surface area contributed by atoms with Crippen LogP contribution in [0.1, 0.15) is 25.0 Å². The normalized spacial score (nSPS) is 27.7. The zero-order valence-corrected chi connectivity index (χ0v) is 12.7. The Morgan fingerprint density at radius 3 is 3.05 bits per heavy atom. The summed E-state index contributed by atoms with van der Waals surface area (Å²) in [6.07, 6.45) is 4.33. The van der Waals surface area contributed by atoms with Crippen LogP contribution in [0.25, 0.3) is 0 Å². The number of halogens is 1. The molecule has 3 heterocycles. The SMILES string of the molecule is COC[C@H]1CC[C@@H]2[C@@H](CCN2C(=O)Cc2ccc(F)cn2)O1. The summed E-state index contributed by atoms with van der Waals surface area (Å²) in [6.45, 7) is 1.33. The van der Waals surface area contributed by atoms with Crippen molar-refractivity contribution in [3.63, 3.8) is 0 Å². The number of hydrogen-bond donors (Lipinski definition) is 0. The van der Waals surface area contributed by atoms with E-state index < -0.39 is 0 Å². The van der Waals surface area contributed by atoms with Gasteiger partial charge in [-0.3, -0.25) is 9.78 Å². The number of carbonyl (C=O) groups is 1. The van der Waals surface area contributed by atoms with Crippen LogP contribution in [0.3, 0.4) is 0 Å². The predicted molar refractivity (Wildman–Crippen MR) is 77.8 cm³/mol. The summed E-state index contributed by atoms with van der Waals surface area (Å²) in [5.41, 5.74) is 0.601. The van der Waals surface area contributed by atoms with E-state index in [4.69, 9.17) is 9.47 Å². The first-order valence-corrected chi connectivity index (χ1v) is 7.71. The first kappa shape index (κ1) is 15.4. The Morgan fingerprint density at radius 2 is 2.32 bits per heavy atom. The van der Waals surface area contributed by atoms with E-state index in [9.17, 15) is 9.18 Å². The lowest BCUT2D eigenvalue weighted by Gasteiger charge is -2.35. The highest BCUT2D eigenvalue weighted by Crippen LogP contribution is 2.31. The van der Waals surface area contributed by atoms with Gasteiger partial charge >= 0.3 is 0 Å². The fraction of sp³-hybridized carbons (Fsp3) is 0.625. The van der Waals surface area contributed by atoms with Crippen molar-refractivity contribution in [2.45, 2.75) is 43.9 Å². The quantitative estimate of drug-likeness (QED) is 0.847. The minimum absolute atomic E-state index is 0.0420. The fourth-order valence-electron chi connectivity index (χ4n) is 3.38. The van der Waals surface area contributed by atoms with E-state index in [0.29, 0.717) is 12.3 Å². The van der Waals surface area contributed by atoms with Crippen molar-refractivity contribution in [2.24, 2.45) is 0 Å².